The van der Waals surface area contributed by atoms with E-state index in [4.69, 9.17) is 18.9 Å². The van der Waals surface area contributed by atoms with Crippen molar-refractivity contribution in [3.05, 3.63) is 52.6 Å². The number of rotatable bonds is 4. The first kappa shape index (κ1) is 22.4. The van der Waals surface area contributed by atoms with E-state index < -0.39 is 17.5 Å². The standard InChI is InChI=1S/C24H27N5O6/c1-13(2)20(30)27-23-26-19-18(21(31)28-23)25-12-29(19)15-9-34-24-10-32-16(15)8-17(24)35-22(33-11-24)14-6-4-3-5-7-14/h3-7,12-13,15-17,22H,8-11H2,1-2H3,(H2,26,27,28,30,31)/t15?,16?,17?,22-,24?/m1/s1. The zero-order chi connectivity index (χ0) is 24.2. The minimum absolute atomic E-state index is 0.0809. The van der Waals surface area contributed by atoms with Gasteiger partial charge >= 0.3 is 0 Å². The first-order valence-electron chi connectivity index (χ1n) is 11.8. The fourth-order valence-corrected chi connectivity index (χ4v) is 4.89. The lowest BCUT2D eigenvalue weighted by Crippen LogP contribution is -2.59. The zero-order valence-electron chi connectivity index (χ0n) is 19.5. The summed E-state index contributed by atoms with van der Waals surface area (Å²) in [6.45, 7) is 4.54. The van der Waals surface area contributed by atoms with Crippen molar-refractivity contribution < 1.29 is 23.7 Å². The van der Waals surface area contributed by atoms with Crippen LogP contribution >= 0.6 is 0 Å². The number of anilines is 1. The van der Waals surface area contributed by atoms with Crippen molar-refractivity contribution >= 4 is 23.0 Å². The molecule has 2 aromatic heterocycles. The van der Waals surface area contributed by atoms with Crippen LogP contribution in [0.5, 0.6) is 0 Å². The predicted molar refractivity (Wildman–Crippen MR) is 124 cm³/mol. The number of ether oxygens (including phenoxy) is 4. The first-order chi connectivity index (χ1) is 16.9. The highest BCUT2D eigenvalue weighted by molar-refractivity contribution is 5.91. The molecular weight excluding hydrogens is 454 g/mol. The Balaban J connectivity index is 1.29. The van der Waals surface area contributed by atoms with Gasteiger partial charge in [-0.1, -0.05) is 44.2 Å². The third-order valence-electron chi connectivity index (χ3n) is 6.94. The second kappa shape index (κ2) is 8.52. The summed E-state index contributed by atoms with van der Waals surface area (Å²) in [6, 6.07) is 9.54. The van der Waals surface area contributed by atoms with Crippen LogP contribution in [0.1, 0.15) is 38.2 Å². The number of aromatic amines is 1. The van der Waals surface area contributed by atoms with Crippen LogP contribution in [0, 0.1) is 5.92 Å². The highest BCUT2D eigenvalue weighted by atomic mass is 16.7. The molecule has 184 valence electrons. The summed E-state index contributed by atoms with van der Waals surface area (Å²) in [7, 11) is 0. The number of carbonyl (C=O) groups excluding carboxylic acids is 1. The Hall–Kier alpha value is -3.12. The molecule has 2 bridgehead atoms. The SMILES string of the molecule is CC(C)C(=O)Nc1nc2c(ncn2C2COC34COC2CC3O[C@H](c2ccccc2)OC4)c(=O)[nH]1. The number of hydrogen-bond donors (Lipinski definition) is 2. The van der Waals surface area contributed by atoms with Crippen LogP contribution in [0.15, 0.2) is 41.5 Å². The second-order valence-electron chi connectivity index (χ2n) is 9.59. The zero-order valence-corrected chi connectivity index (χ0v) is 19.5. The van der Waals surface area contributed by atoms with Crippen molar-refractivity contribution in [2.24, 2.45) is 5.92 Å². The average molecular weight is 482 g/mol. The van der Waals surface area contributed by atoms with Gasteiger partial charge in [-0.15, -0.1) is 0 Å². The van der Waals surface area contributed by atoms with E-state index in [0.29, 0.717) is 31.9 Å². The maximum absolute atomic E-state index is 12.6. The van der Waals surface area contributed by atoms with E-state index in [-0.39, 0.29) is 41.5 Å². The van der Waals surface area contributed by atoms with E-state index in [2.05, 4.69) is 20.3 Å². The molecule has 4 saturated heterocycles. The number of fused-ring (bicyclic) bond motifs is 4. The maximum Gasteiger partial charge on any atom is 0.280 e. The Kier molecular flexibility index (Phi) is 5.44. The fraction of sp³-hybridized carbons (Fsp3) is 0.500. The summed E-state index contributed by atoms with van der Waals surface area (Å²) in [6.07, 6.45) is 1.25. The minimum Gasteiger partial charge on any atom is -0.373 e. The Labute approximate surface area is 200 Å². The van der Waals surface area contributed by atoms with Gasteiger partial charge in [0.25, 0.3) is 5.56 Å². The number of aromatic nitrogens is 4. The molecule has 6 heterocycles. The van der Waals surface area contributed by atoms with Crippen LogP contribution < -0.4 is 10.9 Å². The van der Waals surface area contributed by atoms with Crippen molar-refractivity contribution in [2.45, 2.75) is 50.4 Å². The third kappa shape index (κ3) is 3.84. The van der Waals surface area contributed by atoms with Crippen LogP contribution in [-0.2, 0) is 23.7 Å². The molecule has 0 aliphatic carbocycles. The number of nitrogens with one attached hydrogen (secondary N) is 2. The third-order valence-corrected chi connectivity index (χ3v) is 6.94. The molecule has 35 heavy (non-hydrogen) atoms. The summed E-state index contributed by atoms with van der Waals surface area (Å²) in [5.74, 6) is -0.423. The molecule has 4 aliphatic rings. The molecule has 5 atom stereocenters. The lowest BCUT2D eigenvalue weighted by Gasteiger charge is -2.47. The van der Waals surface area contributed by atoms with E-state index in [0.717, 1.165) is 5.56 Å². The molecule has 3 aromatic rings. The minimum atomic E-state index is -0.700. The number of amides is 1. The lowest BCUT2D eigenvalue weighted by atomic mass is 9.89. The monoisotopic (exact) mass is 481 g/mol. The van der Waals surface area contributed by atoms with Gasteiger partial charge in [0, 0.05) is 17.9 Å². The summed E-state index contributed by atoms with van der Waals surface area (Å²) in [5, 5.41) is 2.65. The highest BCUT2D eigenvalue weighted by Gasteiger charge is 2.55. The Morgan fingerprint density at radius 2 is 2.03 bits per heavy atom. The maximum atomic E-state index is 12.6. The summed E-state index contributed by atoms with van der Waals surface area (Å²) < 4.78 is 26.8. The number of carbonyl (C=O) groups is 1. The van der Waals surface area contributed by atoms with Gasteiger partial charge in [-0.05, 0) is 0 Å². The van der Waals surface area contributed by atoms with Crippen molar-refractivity contribution in [1.82, 2.24) is 19.5 Å². The summed E-state index contributed by atoms with van der Waals surface area (Å²) >= 11 is 0. The molecule has 4 fully saturated rings. The second-order valence-corrected chi connectivity index (χ2v) is 9.59. The average Bonchev–Trinajstić information content (AvgIpc) is 3.12. The van der Waals surface area contributed by atoms with Crippen molar-refractivity contribution in [3.63, 3.8) is 0 Å². The van der Waals surface area contributed by atoms with Crippen LogP contribution in [0.3, 0.4) is 0 Å². The number of imidazole rings is 1. The van der Waals surface area contributed by atoms with Crippen molar-refractivity contribution in [3.8, 4) is 0 Å². The molecule has 4 aliphatic heterocycles. The van der Waals surface area contributed by atoms with Gasteiger partial charge in [0.2, 0.25) is 11.9 Å². The van der Waals surface area contributed by atoms with Gasteiger partial charge in [0.05, 0.1) is 44.4 Å². The quantitative estimate of drug-likeness (QED) is 0.578. The van der Waals surface area contributed by atoms with Gasteiger partial charge in [-0.3, -0.25) is 19.9 Å². The van der Waals surface area contributed by atoms with Crippen LogP contribution in [0.25, 0.3) is 11.2 Å². The van der Waals surface area contributed by atoms with Gasteiger partial charge in [0.1, 0.15) is 5.60 Å². The van der Waals surface area contributed by atoms with Gasteiger partial charge in [-0.25, -0.2) is 4.98 Å². The molecule has 1 amide bonds. The predicted octanol–water partition coefficient (Wildman–Crippen LogP) is 1.93. The number of nitrogens with zero attached hydrogens (tertiary/aromatic N) is 3. The largest absolute Gasteiger partial charge is 0.373 e. The Morgan fingerprint density at radius 3 is 2.83 bits per heavy atom. The Bertz CT molecular complexity index is 1310. The molecule has 0 radical (unpaired) electrons. The van der Waals surface area contributed by atoms with E-state index in [9.17, 15) is 9.59 Å². The summed E-state index contributed by atoms with van der Waals surface area (Å²) in [4.78, 5) is 36.1. The molecule has 7 rings (SSSR count). The normalized spacial score (nSPS) is 30.3. The molecule has 11 nitrogen and oxygen atoms in total. The number of hydrogen-bond acceptors (Lipinski definition) is 8. The van der Waals surface area contributed by atoms with Gasteiger partial charge in [0.15, 0.2) is 17.5 Å². The molecule has 0 saturated carbocycles. The fourth-order valence-electron chi connectivity index (χ4n) is 4.89. The first-order valence-corrected chi connectivity index (χ1v) is 11.8. The van der Waals surface area contributed by atoms with Gasteiger partial charge < -0.3 is 23.5 Å². The molecule has 11 heteroatoms. The number of H-pyrrole nitrogens is 1. The van der Waals surface area contributed by atoms with Gasteiger partial charge in [-0.2, -0.15) is 4.98 Å². The van der Waals surface area contributed by atoms with E-state index in [1.54, 1.807) is 24.7 Å². The molecule has 4 unspecified atom stereocenters. The van der Waals surface area contributed by atoms with E-state index in [1.807, 2.05) is 30.3 Å². The Morgan fingerprint density at radius 1 is 1.23 bits per heavy atom. The molecular formula is C24H27N5O6. The summed E-state index contributed by atoms with van der Waals surface area (Å²) in [5.41, 5.74) is 0.372. The van der Waals surface area contributed by atoms with Crippen molar-refractivity contribution in [2.75, 3.05) is 25.1 Å². The smallest absolute Gasteiger partial charge is 0.280 e. The van der Waals surface area contributed by atoms with Crippen LogP contribution in [0.4, 0.5) is 5.95 Å². The number of benzene rings is 1. The van der Waals surface area contributed by atoms with Crippen LogP contribution in [0.2, 0.25) is 0 Å². The lowest BCUT2D eigenvalue weighted by molar-refractivity contribution is -0.324. The molecule has 1 spiro atoms. The highest BCUT2D eigenvalue weighted by Crippen LogP contribution is 2.44. The van der Waals surface area contributed by atoms with E-state index >= 15 is 0 Å². The van der Waals surface area contributed by atoms with Crippen LogP contribution in [-0.4, -0.2) is 63.1 Å². The molecule has 2 N–H and O–H groups in total. The van der Waals surface area contributed by atoms with Crippen molar-refractivity contribution in [1.29, 1.82) is 0 Å². The molecule has 1 aromatic carbocycles. The van der Waals surface area contributed by atoms with E-state index in [1.165, 1.54) is 0 Å². The topological polar surface area (TPSA) is 130 Å².